The quantitative estimate of drug-likeness (QED) is 0.469. The zero-order valence-corrected chi connectivity index (χ0v) is 17.2. The molecule has 0 bridgehead atoms. The topological polar surface area (TPSA) is 55.1 Å². The predicted molar refractivity (Wildman–Crippen MR) is 107 cm³/mol. The number of thiophene rings is 1. The number of aryl methyl sites for hydroxylation is 2. The third-order valence-corrected chi connectivity index (χ3v) is 7.41. The highest BCUT2D eigenvalue weighted by Gasteiger charge is 2.24. The van der Waals surface area contributed by atoms with Crippen molar-refractivity contribution in [2.45, 2.75) is 83.0 Å². The first-order chi connectivity index (χ1) is 11.8. The van der Waals surface area contributed by atoms with Crippen molar-refractivity contribution in [2.24, 2.45) is 0 Å². The lowest BCUT2D eigenvalue weighted by Crippen LogP contribution is -2.28. The van der Waals surface area contributed by atoms with Gasteiger partial charge in [-0.25, -0.2) is 4.98 Å². The van der Waals surface area contributed by atoms with Crippen molar-refractivity contribution in [1.82, 2.24) is 9.55 Å². The zero-order valence-electron chi connectivity index (χ0n) is 15.6. The van der Waals surface area contributed by atoms with Crippen LogP contribution in [-0.2, 0) is 12.8 Å². The summed E-state index contributed by atoms with van der Waals surface area (Å²) in [6.45, 7) is 7.75. The number of rotatable bonds is 5. The molecule has 0 aliphatic heterocycles. The Hall–Kier alpha value is -0.850. The van der Waals surface area contributed by atoms with Gasteiger partial charge in [-0.1, -0.05) is 25.1 Å². The van der Waals surface area contributed by atoms with Crippen LogP contribution in [0.1, 0.15) is 69.9 Å². The fourth-order valence-corrected chi connectivity index (χ4v) is 5.64. The molecule has 2 heterocycles. The molecule has 6 heteroatoms. The van der Waals surface area contributed by atoms with E-state index in [9.17, 15) is 9.90 Å². The minimum atomic E-state index is -0.787. The number of hydrogen-bond donors (Lipinski definition) is 1. The Morgan fingerprint density at radius 2 is 2.04 bits per heavy atom. The first-order valence-corrected chi connectivity index (χ1v) is 11.0. The lowest BCUT2D eigenvalue weighted by atomic mass is 10.1. The summed E-state index contributed by atoms with van der Waals surface area (Å²) in [6, 6.07) is 0.107. The van der Waals surface area contributed by atoms with Crippen molar-refractivity contribution in [3.05, 3.63) is 20.8 Å². The Kier molecular flexibility index (Phi) is 5.61. The number of hydrogen-bond acceptors (Lipinski definition) is 5. The summed E-state index contributed by atoms with van der Waals surface area (Å²) < 4.78 is 1.86. The number of nitrogens with zero attached hydrogens (tertiary/aromatic N) is 2. The maximum atomic E-state index is 13.4. The Balaban J connectivity index is 2.17. The molecular weight excluding hydrogens is 352 g/mol. The van der Waals surface area contributed by atoms with Crippen LogP contribution < -0.4 is 5.56 Å². The van der Waals surface area contributed by atoms with Gasteiger partial charge in [0.05, 0.1) is 11.0 Å². The average Bonchev–Trinajstić information content (AvgIpc) is 2.73. The SMILES string of the molecule is CCC(C)n1c(SCC(C)(C)O)nc2sc3c(c2c1=O)CCCCC3. The minimum Gasteiger partial charge on any atom is -0.390 e. The number of aromatic nitrogens is 2. The second-order valence-electron chi connectivity index (χ2n) is 7.67. The molecule has 25 heavy (non-hydrogen) atoms. The second kappa shape index (κ2) is 7.41. The van der Waals surface area contributed by atoms with Crippen molar-refractivity contribution in [1.29, 1.82) is 0 Å². The van der Waals surface area contributed by atoms with Crippen LogP contribution in [0.2, 0.25) is 0 Å². The Morgan fingerprint density at radius 3 is 2.72 bits per heavy atom. The van der Waals surface area contributed by atoms with E-state index in [1.54, 1.807) is 25.2 Å². The van der Waals surface area contributed by atoms with Crippen LogP contribution in [0.4, 0.5) is 0 Å². The van der Waals surface area contributed by atoms with E-state index in [4.69, 9.17) is 4.98 Å². The molecule has 0 amide bonds. The van der Waals surface area contributed by atoms with Gasteiger partial charge in [-0.15, -0.1) is 11.3 Å². The summed E-state index contributed by atoms with van der Waals surface area (Å²) in [7, 11) is 0. The highest BCUT2D eigenvalue weighted by Crippen LogP contribution is 2.35. The maximum absolute atomic E-state index is 13.4. The van der Waals surface area contributed by atoms with Gasteiger partial charge in [-0.2, -0.15) is 0 Å². The lowest BCUT2D eigenvalue weighted by Gasteiger charge is -2.20. The van der Waals surface area contributed by atoms with E-state index in [1.165, 1.54) is 35.0 Å². The van der Waals surface area contributed by atoms with E-state index in [-0.39, 0.29) is 11.6 Å². The van der Waals surface area contributed by atoms with Gasteiger partial charge in [0.25, 0.3) is 5.56 Å². The smallest absolute Gasteiger partial charge is 0.263 e. The van der Waals surface area contributed by atoms with E-state index in [1.807, 2.05) is 4.57 Å². The molecule has 2 aromatic rings. The van der Waals surface area contributed by atoms with Gasteiger partial charge in [-0.3, -0.25) is 9.36 Å². The molecule has 0 saturated carbocycles. The summed E-state index contributed by atoms with van der Waals surface area (Å²) in [5, 5.41) is 11.7. The molecular formula is C19H28N2O2S2. The number of thioether (sulfide) groups is 1. The predicted octanol–water partition coefficient (Wildman–Crippen LogP) is 4.56. The van der Waals surface area contributed by atoms with Crippen molar-refractivity contribution >= 4 is 33.3 Å². The minimum absolute atomic E-state index is 0.107. The van der Waals surface area contributed by atoms with Crippen molar-refractivity contribution in [2.75, 3.05) is 5.75 Å². The molecule has 1 atom stereocenters. The molecule has 0 radical (unpaired) electrons. The zero-order chi connectivity index (χ0) is 18.2. The third-order valence-electron chi connectivity index (χ3n) is 4.82. The van der Waals surface area contributed by atoms with E-state index < -0.39 is 5.60 Å². The van der Waals surface area contributed by atoms with Gasteiger partial charge in [-0.05, 0) is 58.4 Å². The summed E-state index contributed by atoms with van der Waals surface area (Å²) >= 11 is 3.19. The van der Waals surface area contributed by atoms with E-state index >= 15 is 0 Å². The molecule has 0 spiro atoms. The lowest BCUT2D eigenvalue weighted by molar-refractivity contribution is 0.107. The first kappa shape index (κ1) is 18.9. The van der Waals surface area contributed by atoms with Crippen LogP contribution in [0.3, 0.4) is 0 Å². The summed E-state index contributed by atoms with van der Waals surface area (Å²) in [4.78, 5) is 20.5. The Labute approximate surface area is 157 Å². The molecule has 138 valence electrons. The molecule has 1 N–H and O–H groups in total. The van der Waals surface area contributed by atoms with Gasteiger partial charge in [0.15, 0.2) is 5.16 Å². The van der Waals surface area contributed by atoms with Crippen molar-refractivity contribution in [3.8, 4) is 0 Å². The van der Waals surface area contributed by atoms with Gasteiger partial charge >= 0.3 is 0 Å². The third kappa shape index (κ3) is 3.96. The van der Waals surface area contributed by atoms with Crippen LogP contribution in [-0.4, -0.2) is 26.0 Å². The van der Waals surface area contributed by atoms with E-state index in [0.29, 0.717) is 5.75 Å². The standard InChI is InChI=1S/C19H28N2O2S2/c1-5-12(2)21-17(22)15-13-9-7-6-8-10-14(13)25-16(15)20-18(21)24-11-19(3,4)23/h12,23H,5-11H2,1-4H3. The molecule has 0 fully saturated rings. The summed E-state index contributed by atoms with van der Waals surface area (Å²) in [5.41, 5.74) is 0.577. The first-order valence-electron chi connectivity index (χ1n) is 9.23. The van der Waals surface area contributed by atoms with Crippen LogP contribution in [0.15, 0.2) is 9.95 Å². The summed E-state index contributed by atoms with van der Waals surface area (Å²) in [6.07, 6.45) is 6.58. The monoisotopic (exact) mass is 380 g/mol. The molecule has 1 unspecified atom stereocenters. The molecule has 4 nitrogen and oxygen atoms in total. The maximum Gasteiger partial charge on any atom is 0.263 e. The van der Waals surface area contributed by atoms with Crippen molar-refractivity contribution in [3.63, 3.8) is 0 Å². The number of fused-ring (bicyclic) bond motifs is 3. The molecule has 0 aromatic carbocycles. The number of aliphatic hydroxyl groups is 1. The molecule has 0 saturated heterocycles. The second-order valence-corrected chi connectivity index (χ2v) is 9.70. The van der Waals surface area contributed by atoms with Crippen LogP contribution in [0.5, 0.6) is 0 Å². The molecule has 3 rings (SSSR count). The van der Waals surface area contributed by atoms with Gasteiger partial charge in [0.1, 0.15) is 4.83 Å². The Morgan fingerprint density at radius 1 is 1.32 bits per heavy atom. The van der Waals surface area contributed by atoms with Gasteiger partial charge in [0, 0.05) is 16.7 Å². The van der Waals surface area contributed by atoms with Crippen LogP contribution >= 0.6 is 23.1 Å². The van der Waals surface area contributed by atoms with Gasteiger partial charge in [0.2, 0.25) is 0 Å². The van der Waals surface area contributed by atoms with E-state index in [2.05, 4.69) is 13.8 Å². The highest BCUT2D eigenvalue weighted by molar-refractivity contribution is 7.99. The van der Waals surface area contributed by atoms with Crippen LogP contribution in [0, 0.1) is 0 Å². The highest BCUT2D eigenvalue weighted by atomic mass is 32.2. The van der Waals surface area contributed by atoms with E-state index in [0.717, 1.165) is 41.1 Å². The molecule has 1 aliphatic carbocycles. The Bertz CT molecular complexity index is 817. The fourth-order valence-electron chi connectivity index (χ4n) is 3.29. The normalized spacial score (nSPS) is 16.7. The summed E-state index contributed by atoms with van der Waals surface area (Å²) in [5.74, 6) is 0.520. The molecule has 2 aromatic heterocycles. The molecule has 1 aliphatic rings. The average molecular weight is 381 g/mol. The van der Waals surface area contributed by atoms with Gasteiger partial charge < -0.3 is 5.11 Å². The van der Waals surface area contributed by atoms with Crippen LogP contribution in [0.25, 0.3) is 10.2 Å². The fraction of sp³-hybridized carbons (Fsp3) is 0.684. The van der Waals surface area contributed by atoms with Crippen molar-refractivity contribution < 1.29 is 5.11 Å². The largest absolute Gasteiger partial charge is 0.390 e.